The molecule has 1 unspecified atom stereocenters. The number of nitrogens with two attached hydrogens (primary N) is 1. The van der Waals surface area contributed by atoms with E-state index in [1.54, 1.807) is 4.90 Å². The van der Waals surface area contributed by atoms with E-state index in [0.717, 1.165) is 32.2 Å². The minimum absolute atomic E-state index is 0.00893. The lowest BCUT2D eigenvalue weighted by molar-refractivity contribution is -0.121. The average molecular weight is 332 g/mol. The summed E-state index contributed by atoms with van der Waals surface area (Å²) in [5, 5.41) is 17.2. The fourth-order valence-electron chi connectivity index (χ4n) is 4.35. The largest absolute Gasteiger partial charge is 0.369 e. The third kappa shape index (κ3) is 3.32. The molecule has 1 saturated heterocycles. The Morgan fingerprint density at radius 2 is 2.00 bits per heavy atom. The Morgan fingerprint density at radius 1 is 1.33 bits per heavy atom. The maximum absolute atomic E-state index is 11.2. The third-order valence-electron chi connectivity index (χ3n) is 5.55. The first kappa shape index (κ1) is 17.4. The highest BCUT2D eigenvalue weighted by atomic mass is 16.3. The number of hydrogen-bond donors (Lipinski definition) is 4. The van der Waals surface area contributed by atoms with Crippen LogP contribution >= 0.6 is 0 Å². The second-order valence-electron chi connectivity index (χ2n) is 7.15. The fraction of sp³-hybridized carbons (Fsp3) is 0.611. The molecule has 1 amide bonds. The van der Waals surface area contributed by atoms with Gasteiger partial charge in [-0.2, -0.15) is 0 Å². The van der Waals surface area contributed by atoms with E-state index in [1.165, 1.54) is 5.56 Å². The number of nitrogens with zero attached hydrogens (tertiary/aromatic N) is 1. The van der Waals surface area contributed by atoms with Crippen LogP contribution in [-0.4, -0.2) is 47.4 Å². The molecule has 6 nitrogen and oxygen atoms in total. The van der Waals surface area contributed by atoms with Gasteiger partial charge in [-0.05, 0) is 37.8 Å². The molecule has 5 N–H and O–H groups in total. The molecule has 2 aliphatic rings. The Balaban J connectivity index is 1.73. The van der Waals surface area contributed by atoms with Crippen molar-refractivity contribution in [2.45, 2.75) is 50.0 Å². The van der Waals surface area contributed by atoms with Crippen molar-refractivity contribution in [3.63, 3.8) is 0 Å². The van der Waals surface area contributed by atoms with Crippen LogP contribution in [0.25, 0.3) is 0 Å². The monoisotopic (exact) mass is 332 g/mol. The standard InChI is InChI=1S/C18H28N4O2/c1-2-20-18(14-6-4-3-5-7-14)10-8-17(9-11-18)13-22(12-15(19)23)16(24)21-17/h3-7,16,20-21,24H,2,8-13H2,1H3,(H2,19,23)/t16?,17-,18+. The van der Waals surface area contributed by atoms with Crippen molar-refractivity contribution < 1.29 is 9.90 Å². The maximum atomic E-state index is 11.2. The van der Waals surface area contributed by atoms with E-state index >= 15 is 0 Å². The molecule has 1 aromatic carbocycles. The fourth-order valence-corrected chi connectivity index (χ4v) is 4.35. The second kappa shape index (κ2) is 6.80. The highest BCUT2D eigenvalue weighted by Gasteiger charge is 2.49. The quantitative estimate of drug-likeness (QED) is 0.629. The molecule has 1 aromatic rings. The molecule has 0 bridgehead atoms. The molecular weight excluding hydrogens is 304 g/mol. The van der Waals surface area contributed by atoms with Crippen LogP contribution in [0.1, 0.15) is 38.2 Å². The van der Waals surface area contributed by atoms with Crippen molar-refractivity contribution in [2.75, 3.05) is 19.6 Å². The average Bonchev–Trinajstić information content (AvgIpc) is 2.86. The number of amides is 1. The molecule has 132 valence electrons. The van der Waals surface area contributed by atoms with Gasteiger partial charge in [-0.15, -0.1) is 0 Å². The van der Waals surface area contributed by atoms with E-state index in [2.05, 4.69) is 41.8 Å². The van der Waals surface area contributed by atoms with Gasteiger partial charge in [0, 0.05) is 17.6 Å². The van der Waals surface area contributed by atoms with E-state index in [-0.39, 0.29) is 17.6 Å². The summed E-state index contributed by atoms with van der Waals surface area (Å²) in [6.07, 6.45) is 3.09. The molecular formula is C18H28N4O2. The van der Waals surface area contributed by atoms with Crippen molar-refractivity contribution in [3.8, 4) is 0 Å². The van der Waals surface area contributed by atoms with Crippen LogP contribution in [-0.2, 0) is 10.3 Å². The molecule has 0 aromatic heterocycles. The van der Waals surface area contributed by atoms with Crippen LogP contribution in [0, 0.1) is 0 Å². The van der Waals surface area contributed by atoms with Crippen LogP contribution in [0.15, 0.2) is 30.3 Å². The Labute approximate surface area is 143 Å². The van der Waals surface area contributed by atoms with E-state index < -0.39 is 12.3 Å². The lowest BCUT2D eigenvalue weighted by Gasteiger charge is -2.46. The molecule has 1 aliphatic heterocycles. The predicted octanol–water partition coefficient (Wildman–Crippen LogP) is 0.471. The second-order valence-corrected chi connectivity index (χ2v) is 7.15. The first-order valence-electron chi connectivity index (χ1n) is 8.77. The van der Waals surface area contributed by atoms with Gasteiger partial charge in [0.05, 0.1) is 6.54 Å². The number of carbonyl (C=O) groups is 1. The minimum Gasteiger partial charge on any atom is -0.369 e. The van der Waals surface area contributed by atoms with Gasteiger partial charge in [0.25, 0.3) is 0 Å². The molecule has 1 spiro atoms. The minimum atomic E-state index is -0.791. The van der Waals surface area contributed by atoms with Crippen LogP contribution in [0.2, 0.25) is 0 Å². The molecule has 2 fully saturated rings. The van der Waals surface area contributed by atoms with Crippen molar-refractivity contribution in [3.05, 3.63) is 35.9 Å². The summed E-state index contributed by atoms with van der Waals surface area (Å²) in [4.78, 5) is 12.9. The van der Waals surface area contributed by atoms with Gasteiger partial charge >= 0.3 is 0 Å². The number of hydrogen-bond acceptors (Lipinski definition) is 5. The summed E-state index contributed by atoms with van der Waals surface area (Å²) in [6, 6.07) is 10.6. The number of aliphatic hydroxyl groups excluding tert-OH is 1. The number of nitrogens with one attached hydrogen (secondary N) is 2. The predicted molar refractivity (Wildman–Crippen MR) is 92.9 cm³/mol. The topological polar surface area (TPSA) is 90.6 Å². The van der Waals surface area contributed by atoms with Gasteiger partial charge < -0.3 is 16.2 Å². The Bertz CT molecular complexity index is 570. The Hall–Kier alpha value is -1.47. The van der Waals surface area contributed by atoms with Gasteiger partial charge in [0.2, 0.25) is 5.91 Å². The molecule has 1 heterocycles. The third-order valence-corrected chi connectivity index (χ3v) is 5.55. The van der Waals surface area contributed by atoms with Crippen molar-refractivity contribution in [2.24, 2.45) is 5.73 Å². The summed E-state index contributed by atoms with van der Waals surface area (Å²) < 4.78 is 0. The van der Waals surface area contributed by atoms with Crippen molar-refractivity contribution >= 4 is 5.91 Å². The zero-order valence-corrected chi connectivity index (χ0v) is 14.3. The molecule has 1 aliphatic carbocycles. The molecule has 24 heavy (non-hydrogen) atoms. The first-order valence-corrected chi connectivity index (χ1v) is 8.77. The zero-order valence-electron chi connectivity index (χ0n) is 14.3. The highest BCUT2D eigenvalue weighted by Crippen LogP contribution is 2.43. The van der Waals surface area contributed by atoms with E-state index in [0.29, 0.717) is 6.54 Å². The normalized spacial score (nSPS) is 33.8. The van der Waals surface area contributed by atoms with Gasteiger partial charge in [-0.3, -0.25) is 15.0 Å². The van der Waals surface area contributed by atoms with Crippen LogP contribution in [0.3, 0.4) is 0 Å². The summed E-state index contributed by atoms with van der Waals surface area (Å²) >= 11 is 0. The summed E-state index contributed by atoms with van der Waals surface area (Å²) in [6.45, 7) is 3.81. The first-order chi connectivity index (χ1) is 11.5. The highest BCUT2D eigenvalue weighted by molar-refractivity contribution is 5.76. The smallest absolute Gasteiger partial charge is 0.231 e. The van der Waals surface area contributed by atoms with E-state index in [1.807, 2.05) is 6.07 Å². The number of carbonyl (C=O) groups excluding carboxylic acids is 1. The molecule has 0 radical (unpaired) electrons. The van der Waals surface area contributed by atoms with Crippen LogP contribution < -0.4 is 16.4 Å². The summed E-state index contributed by atoms with van der Waals surface area (Å²) in [7, 11) is 0. The summed E-state index contributed by atoms with van der Waals surface area (Å²) in [5.74, 6) is -0.407. The van der Waals surface area contributed by atoms with Gasteiger partial charge in [-0.25, -0.2) is 0 Å². The molecule has 3 rings (SSSR count). The lowest BCUT2D eigenvalue weighted by atomic mass is 9.69. The SMILES string of the molecule is CCN[C@]1(c2ccccc2)CC[C@]2(CC1)CN(CC(N)=O)C(O)N2. The van der Waals surface area contributed by atoms with Crippen molar-refractivity contribution in [1.29, 1.82) is 0 Å². The van der Waals surface area contributed by atoms with E-state index in [4.69, 9.17) is 5.73 Å². The Kier molecular flexibility index (Phi) is 4.92. The van der Waals surface area contributed by atoms with Gasteiger partial charge in [0.15, 0.2) is 6.35 Å². The lowest BCUT2D eigenvalue weighted by Crippen LogP contribution is -2.54. The maximum Gasteiger partial charge on any atom is 0.231 e. The number of aliphatic hydroxyl groups is 1. The van der Waals surface area contributed by atoms with Crippen LogP contribution in [0.4, 0.5) is 0 Å². The number of rotatable bonds is 5. The van der Waals surface area contributed by atoms with E-state index in [9.17, 15) is 9.90 Å². The number of primary amides is 1. The molecule has 6 heteroatoms. The number of benzene rings is 1. The van der Waals surface area contributed by atoms with Gasteiger partial charge in [0.1, 0.15) is 0 Å². The summed E-state index contributed by atoms with van der Waals surface area (Å²) in [5.41, 5.74) is 6.46. The van der Waals surface area contributed by atoms with Crippen molar-refractivity contribution in [1.82, 2.24) is 15.5 Å². The van der Waals surface area contributed by atoms with Gasteiger partial charge in [-0.1, -0.05) is 37.3 Å². The van der Waals surface area contributed by atoms with Crippen LogP contribution in [0.5, 0.6) is 0 Å². The molecule has 1 saturated carbocycles. The molecule has 1 atom stereocenters. The zero-order chi connectivity index (χ0) is 17.2. The Morgan fingerprint density at radius 3 is 2.58 bits per heavy atom.